The minimum atomic E-state index is 0.645. The molecule has 2 nitrogen and oxygen atoms in total. The molecule has 0 amide bonds. The van der Waals surface area contributed by atoms with E-state index in [1.54, 1.807) is 0 Å². The molecule has 86 valence electrons. The summed E-state index contributed by atoms with van der Waals surface area (Å²) in [6.45, 7) is 7.64. The van der Waals surface area contributed by atoms with Crippen LogP contribution in [0.15, 0.2) is 17.5 Å². The Hall–Kier alpha value is -0.380. The Bertz CT molecular complexity index is 246. The second-order valence-electron chi connectivity index (χ2n) is 3.86. The quantitative estimate of drug-likeness (QED) is 0.769. The fourth-order valence-corrected chi connectivity index (χ4v) is 2.47. The van der Waals surface area contributed by atoms with E-state index < -0.39 is 0 Å². The molecule has 0 saturated heterocycles. The average Bonchev–Trinajstić information content (AvgIpc) is 2.71. The van der Waals surface area contributed by atoms with E-state index in [4.69, 9.17) is 0 Å². The van der Waals surface area contributed by atoms with Gasteiger partial charge in [0.25, 0.3) is 0 Å². The fraction of sp³-hybridized carbons (Fsp3) is 0.667. The molecule has 1 unspecified atom stereocenters. The molecule has 0 radical (unpaired) electrons. The van der Waals surface area contributed by atoms with Crippen LogP contribution in [-0.4, -0.2) is 31.1 Å². The Morgan fingerprint density at radius 3 is 2.80 bits per heavy atom. The Kier molecular flexibility index (Phi) is 5.91. The van der Waals surface area contributed by atoms with E-state index in [-0.39, 0.29) is 0 Å². The van der Waals surface area contributed by atoms with Gasteiger partial charge in [0.05, 0.1) is 0 Å². The molecule has 1 heterocycles. The number of nitrogens with zero attached hydrogens (tertiary/aromatic N) is 1. The zero-order valence-corrected chi connectivity index (χ0v) is 10.8. The molecule has 0 fully saturated rings. The van der Waals surface area contributed by atoms with Gasteiger partial charge in [-0.25, -0.2) is 0 Å². The van der Waals surface area contributed by atoms with E-state index in [9.17, 15) is 0 Å². The molecule has 0 aromatic carbocycles. The molecule has 1 rings (SSSR count). The number of thiophene rings is 1. The molecule has 1 aromatic heterocycles. The molecule has 0 aliphatic rings. The Morgan fingerprint density at radius 2 is 2.27 bits per heavy atom. The van der Waals surface area contributed by atoms with Gasteiger partial charge in [-0.05, 0) is 31.5 Å². The summed E-state index contributed by atoms with van der Waals surface area (Å²) in [5.74, 6) is 0. The standard InChI is InChI=1S/C12H22N2S/c1-4-11(9-13-5-2)14(3)10-12-7-6-8-15-12/h6-8,11,13H,4-5,9-10H2,1-3H3. The van der Waals surface area contributed by atoms with Gasteiger partial charge in [0.15, 0.2) is 0 Å². The van der Waals surface area contributed by atoms with E-state index in [0.717, 1.165) is 19.6 Å². The maximum atomic E-state index is 3.42. The predicted octanol–water partition coefficient (Wildman–Crippen LogP) is 2.57. The summed E-state index contributed by atoms with van der Waals surface area (Å²) in [7, 11) is 2.21. The van der Waals surface area contributed by atoms with E-state index in [2.05, 4.69) is 48.6 Å². The lowest BCUT2D eigenvalue weighted by atomic mass is 10.2. The highest BCUT2D eigenvalue weighted by Crippen LogP contribution is 2.13. The maximum absolute atomic E-state index is 3.42. The van der Waals surface area contributed by atoms with Crippen LogP contribution in [0.25, 0.3) is 0 Å². The highest BCUT2D eigenvalue weighted by Gasteiger charge is 2.12. The zero-order valence-electron chi connectivity index (χ0n) is 9.99. The third-order valence-electron chi connectivity index (χ3n) is 2.71. The highest BCUT2D eigenvalue weighted by atomic mass is 32.1. The van der Waals surface area contributed by atoms with Gasteiger partial charge in [0.2, 0.25) is 0 Å². The molecule has 1 aromatic rings. The number of rotatable bonds is 7. The number of nitrogens with one attached hydrogen (secondary N) is 1. The zero-order chi connectivity index (χ0) is 11.1. The van der Waals surface area contributed by atoms with Crippen molar-refractivity contribution in [1.82, 2.24) is 10.2 Å². The van der Waals surface area contributed by atoms with Gasteiger partial charge in [0.1, 0.15) is 0 Å². The van der Waals surface area contributed by atoms with Crippen LogP contribution in [-0.2, 0) is 6.54 Å². The largest absolute Gasteiger partial charge is 0.315 e. The first-order valence-corrected chi connectivity index (χ1v) is 6.59. The fourth-order valence-electron chi connectivity index (χ4n) is 1.70. The molecular formula is C12H22N2S. The molecular weight excluding hydrogens is 204 g/mol. The van der Waals surface area contributed by atoms with Crippen LogP contribution >= 0.6 is 11.3 Å². The molecule has 3 heteroatoms. The van der Waals surface area contributed by atoms with Crippen molar-refractivity contribution in [2.45, 2.75) is 32.9 Å². The molecule has 0 bridgehead atoms. The van der Waals surface area contributed by atoms with Gasteiger partial charge < -0.3 is 5.32 Å². The molecule has 15 heavy (non-hydrogen) atoms. The number of likely N-dealkylation sites (N-methyl/N-ethyl adjacent to an activating group) is 2. The van der Waals surface area contributed by atoms with Crippen molar-refractivity contribution in [3.8, 4) is 0 Å². The maximum Gasteiger partial charge on any atom is 0.0328 e. The molecule has 1 atom stereocenters. The van der Waals surface area contributed by atoms with Crippen LogP contribution in [0.3, 0.4) is 0 Å². The summed E-state index contributed by atoms with van der Waals surface area (Å²) in [5, 5.41) is 5.57. The van der Waals surface area contributed by atoms with Crippen molar-refractivity contribution >= 4 is 11.3 Å². The van der Waals surface area contributed by atoms with Crippen LogP contribution in [0, 0.1) is 0 Å². The minimum absolute atomic E-state index is 0.645. The molecule has 0 aliphatic heterocycles. The first-order valence-electron chi connectivity index (χ1n) is 5.71. The summed E-state index contributed by atoms with van der Waals surface area (Å²) in [5.41, 5.74) is 0. The molecule has 0 saturated carbocycles. The van der Waals surface area contributed by atoms with Gasteiger partial charge in [-0.1, -0.05) is 19.9 Å². The minimum Gasteiger partial charge on any atom is -0.315 e. The third kappa shape index (κ3) is 4.33. The number of hydrogen-bond acceptors (Lipinski definition) is 3. The highest BCUT2D eigenvalue weighted by molar-refractivity contribution is 7.09. The smallest absolute Gasteiger partial charge is 0.0328 e. The predicted molar refractivity (Wildman–Crippen MR) is 68.4 cm³/mol. The van der Waals surface area contributed by atoms with Gasteiger partial charge in [-0.2, -0.15) is 0 Å². The van der Waals surface area contributed by atoms with Gasteiger partial charge in [-0.15, -0.1) is 11.3 Å². The lowest BCUT2D eigenvalue weighted by Crippen LogP contribution is -2.39. The van der Waals surface area contributed by atoms with Crippen LogP contribution in [0.1, 0.15) is 25.1 Å². The normalized spacial score (nSPS) is 13.3. The van der Waals surface area contributed by atoms with E-state index >= 15 is 0 Å². The second-order valence-corrected chi connectivity index (χ2v) is 4.90. The Labute approximate surface area is 97.3 Å². The number of hydrogen-bond donors (Lipinski definition) is 1. The van der Waals surface area contributed by atoms with Crippen molar-refractivity contribution in [1.29, 1.82) is 0 Å². The van der Waals surface area contributed by atoms with Crippen molar-refractivity contribution in [3.63, 3.8) is 0 Å². The van der Waals surface area contributed by atoms with Gasteiger partial charge >= 0.3 is 0 Å². The SMILES string of the molecule is CCNCC(CC)N(C)Cc1cccs1. The van der Waals surface area contributed by atoms with Gasteiger partial charge in [-0.3, -0.25) is 4.90 Å². The first kappa shape index (κ1) is 12.7. The third-order valence-corrected chi connectivity index (χ3v) is 3.57. The second kappa shape index (κ2) is 6.99. The van der Waals surface area contributed by atoms with Crippen LogP contribution < -0.4 is 5.32 Å². The van der Waals surface area contributed by atoms with E-state index in [1.807, 2.05) is 11.3 Å². The summed E-state index contributed by atoms with van der Waals surface area (Å²) >= 11 is 1.84. The average molecular weight is 226 g/mol. The summed E-state index contributed by atoms with van der Waals surface area (Å²) in [4.78, 5) is 3.89. The van der Waals surface area contributed by atoms with Crippen molar-refractivity contribution in [2.75, 3.05) is 20.1 Å². The van der Waals surface area contributed by atoms with E-state index in [0.29, 0.717) is 6.04 Å². The van der Waals surface area contributed by atoms with E-state index in [1.165, 1.54) is 11.3 Å². The van der Waals surface area contributed by atoms with Gasteiger partial charge in [0, 0.05) is 24.0 Å². The molecule has 0 spiro atoms. The monoisotopic (exact) mass is 226 g/mol. The van der Waals surface area contributed by atoms with Crippen LogP contribution in [0.5, 0.6) is 0 Å². The summed E-state index contributed by atoms with van der Waals surface area (Å²) in [6.07, 6.45) is 1.20. The lowest BCUT2D eigenvalue weighted by Gasteiger charge is -2.26. The van der Waals surface area contributed by atoms with Crippen molar-refractivity contribution in [2.24, 2.45) is 0 Å². The van der Waals surface area contributed by atoms with Crippen molar-refractivity contribution < 1.29 is 0 Å². The van der Waals surface area contributed by atoms with Crippen LogP contribution in [0.4, 0.5) is 0 Å². The summed E-state index contributed by atoms with van der Waals surface area (Å²) in [6, 6.07) is 4.98. The van der Waals surface area contributed by atoms with Crippen LogP contribution in [0.2, 0.25) is 0 Å². The Balaban J connectivity index is 2.39. The topological polar surface area (TPSA) is 15.3 Å². The first-order chi connectivity index (χ1) is 7.27. The molecule has 0 aliphatic carbocycles. The summed E-state index contributed by atoms with van der Waals surface area (Å²) < 4.78 is 0. The Morgan fingerprint density at radius 1 is 1.47 bits per heavy atom. The lowest BCUT2D eigenvalue weighted by molar-refractivity contribution is 0.224. The van der Waals surface area contributed by atoms with Crippen molar-refractivity contribution in [3.05, 3.63) is 22.4 Å². The molecule has 1 N–H and O–H groups in total.